The molecule has 2 aromatic heterocycles. The highest BCUT2D eigenvalue weighted by Gasteiger charge is 2.14. The molecule has 4 rings (SSSR count). The second-order valence-electron chi connectivity index (χ2n) is 7.05. The van der Waals surface area contributed by atoms with Crippen LogP contribution in [0.25, 0.3) is 5.65 Å². The number of fused-ring (bicyclic) bond motifs is 1. The third-order valence-corrected chi connectivity index (χ3v) is 6.25. The summed E-state index contributed by atoms with van der Waals surface area (Å²) < 4.78 is 42.0. The van der Waals surface area contributed by atoms with Crippen LogP contribution >= 0.6 is 11.6 Å². The topological polar surface area (TPSA) is 92.6 Å². The second-order valence-corrected chi connectivity index (χ2v) is 9.17. The number of rotatable bonds is 7. The lowest BCUT2D eigenvalue weighted by Gasteiger charge is -2.09. The summed E-state index contributed by atoms with van der Waals surface area (Å²) in [6.45, 7) is 0.272. The van der Waals surface area contributed by atoms with Crippen molar-refractivity contribution in [2.24, 2.45) is 0 Å². The molecule has 164 valence electrons. The molecule has 0 aliphatic rings. The highest BCUT2D eigenvalue weighted by Crippen LogP contribution is 2.17. The molecule has 0 spiro atoms. The standard InChI is InChI=1S/C22H18ClFN4O3S/c23-16-3-10-21-26-19(14-28(21)13-16)12-25-22(29)11-15-1-6-18(7-2-15)27-32(30,31)20-8-4-17(24)5-9-20/h1-10,13-14,27H,11-12H2,(H,25,29). The number of halogens is 2. The fraction of sp³-hybridized carbons (Fsp3) is 0.0909. The van der Waals surface area contributed by atoms with E-state index >= 15 is 0 Å². The van der Waals surface area contributed by atoms with Crippen molar-refractivity contribution in [3.8, 4) is 0 Å². The van der Waals surface area contributed by atoms with Gasteiger partial charge in [-0.1, -0.05) is 23.7 Å². The van der Waals surface area contributed by atoms with Crippen LogP contribution in [0.3, 0.4) is 0 Å². The molecule has 32 heavy (non-hydrogen) atoms. The zero-order valence-electron chi connectivity index (χ0n) is 16.6. The Kier molecular flexibility index (Phi) is 6.11. The SMILES string of the molecule is O=C(Cc1ccc(NS(=O)(=O)c2ccc(F)cc2)cc1)NCc1cn2cc(Cl)ccc2n1. The van der Waals surface area contributed by atoms with Crippen molar-refractivity contribution in [2.45, 2.75) is 17.9 Å². The van der Waals surface area contributed by atoms with Gasteiger partial charge in [-0.3, -0.25) is 9.52 Å². The minimum Gasteiger partial charge on any atom is -0.350 e. The molecule has 10 heteroatoms. The van der Waals surface area contributed by atoms with Crippen molar-refractivity contribution in [1.82, 2.24) is 14.7 Å². The van der Waals surface area contributed by atoms with Gasteiger partial charge in [0, 0.05) is 18.1 Å². The molecule has 0 saturated heterocycles. The Hall–Kier alpha value is -3.43. The first-order chi connectivity index (χ1) is 15.3. The van der Waals surface area contributed by atoms with E-state index in [0.29, 0.717) is 22.0 Å². The van der Waals surface area contributed by atoms with Crippen LogP contribution in [0.5, 0.6) is 0 Å². The molecule has 7 nitrogen and oxygen atoms in total. The third-order valence-electron chi connectivity index (χ3n) is 4.63. The van der Waals surface area contributed by atoms with Crippen LogP contribution < -0.4 is 10.0 Å². The molecule has 0 aliphatic heterocycles. The van der Waals surface area contributed by atoms with E-state index in [2.05, 4.69) is 15.0 Å². The molecule has 0 unspecified atom stereocenters. The summed E-state index contributed by atoms with van der Waals surface area (Å²) in [6, 6.07) is 14.5. The minimum absolute atomic E-state index is 0.0448. The van der Waals surface area contributed by atoms with Crippen LogP contribution in [-0.2, 0) is 27.8 Å². The summed E-state index contributed by atoms with van der Waals surface area (Å²) >= 11 is 5.96. The molecule has 0 saturated carbocycles. The van der Waals surface area contributed by atoms with Gasteiger partial charge in [-0.15, -0.1) is 0 Å². The van der Waals surface area contributed by atoms with Crippen molar-refractivity contribution in [3.05, 3.63) is 95.2 Å². The van der Waals surface area contributed by atoms with Gasteiger partial charge in [-0.25, -0.2) is 17.8 Å². The lowest BCUT2D eigenvalue weighted by atomic mass is 10.1. The second kappa shape index (κ2) is 8.97. The number of imidazole rings is 1. The summed E-state index contributed by atoms with van der Waals surface area (Å²) in [5.41, 5.74) is 2.49. The van der Waals surface area contributed by atoms with Crippen LogP contribution in [0.15, 0.2) is 78.0 Å². The van der Waals surface area contributed by atoms with E-state index in [1.165, 1.54) is 12.1 Å². The molecule has 0 bridgehead atoms. The van der Waals surface area contributed by atoms with Crippen LogP contribution in [0, 0.1) is 5.82 Å². The van der Waals surface area contributed by atoms with Gasteiger partial charge in [0.05, 0.1) is 28.6 Å². The Labute approximate surface area is 188 Å². The number of anilines is 1. The van der Waals surface area contributed by atoms with E-state index in [-0.39, 0.29) is 23.8 Å². The van der Waals surface area contributed by atoms with E-state index in [1.54, 1.807) is 53.2 Å². The van der Waals surface area contributed by atoms with Crippen LogP contribution in [-0.4, -0.2) is 23.7 Å². The number of sulfonamides is 1. The van der Waals surface area contributed by atoms with E-state index < -0.39 is 15.8 Å². The normalized spacial score (nSPS) is 11.4. The monoisotopic (exact) mass is 472 g/mol. The first-order valence-electron chi connectivity index (χ1n) is 9.56. The maximum absolute atomic E-state index is 13.0. The fourth-order valence-electron chi connectivity index (χ4n) is 3.06. The maximum atomic E-state index is 13.0. The van der Waals surface area contributed by atoms with Gasteiger partial charge in [-0.2, -0.15) is 0 Å². The van der Waals surface area contributed by atoms with Gasteiger partial charge in [0.1, 0.15) is 11.5 Å². The molecule has 1 amide bonds. The molecular weight excluding hydrogens is 455 g/mol. The fourth-order valence-corrected chi connectivity index (χ4v) is 4.28. The number of benzene rings is 2. The van der Waals surface area contributed by atoms with Gasteiger partial charge in [-0.05, 0) is 54.1 Å². The maximum Gasteiger partial charge on any atom is 0.261 e. The number of aromatic nitrogens is 2. The summed E-state index contributed by atoms with van der Waals surface area (Å²) in [4.78, 5) is 16.6. The number of carbonyl (C=O) groups is 1. The Morgan fingerprint density at radius 3 is 2.44 bits per heavy atom. The van der Waals surface area contributed by atoms with Gasteiger partial charge in [0.25, 0.3) is 10.0 Å². The largest absolute Gasteiger partial charge is 0.350 e. The van der Waals surface area contributed by atoms with Gasteiger partial charge < -0.3 is 9.72 Å². The quantitative estimate of drug-likeness (QED) is 0.428. The summed E-state index contributed by atoms with van der Waals surface area (Å²) in [6.07, 6.45) is 3.66. The zero-order valence-corrected chi connectivity index (χ0v) is 18.2. The predicted octanol–water partition coefficient (Wildman–Crippen LogP) is 3.79. The lowest BCUT2D eigenvalue weighted by Crippen LogP contribution is -2.24. The van der Waals surface area contributed by atoms with E-state index in [0.717, 1.165) is 17.8 Å². The smallest absolute Gasteiger partial charge is 0.261 e. The summed E-state index contributed by atoms with van der Waals surface area (Å²) in [7, 11) is -3.83. The van der Waals surface area contributed by atoms with Crippen molar-refractivity contribution in [3.63, 3.8) is 0 Å². The number of carbonyl (C=O) groups excluding carboxylic acids is 1. The zero-order chi connectivity index (χ0) is 22.7. The highest BCUT2D eigenvalue weighted by atomic mass is 35.5. The molecule has 2 N–H and O–H groups in total. The van der Waals surface area contributed by atoms with Crippen LogP contribution in [0.2, 0.25) is 5.02 Å². The number of hydrogen-bond acceptors (Lipinski definition) is 4. The van der Waals surface area contributed by atoms with Crippen molar-refractivity contribution >= 4 is 38.9 Å². The van der Waals surface area contributed by atoms with Crippen molar-refractivity contribution in [1.29, 1.82) is 0 Å². The number of hydrogen-bond donors (Lipinski definition) is 2. The summed E-state index contributed by atoms with van der Waals surface area (Å²) in [5.74, 6) is -0.711. The molecule has 0 radical (unpaired) electrons. The van der Waals surface area contributed by atoms with Crippen molar-refractivity contribution in [2.75, 3.05) is 4.72 Å². The van der Waals surface area contributed by atoms with E-state index in [9.17, 15) is 17.6 Å². The third kappa shape index (κ3) is 5.24. The summed E-state index contributed by atoms with van der Waals surface area (Å²) in [5, 5.41) is 3.40. The van der Waals surface area contributed by atoms with E-state index in [1.807, 2.05) is 0 Å². The molecular formula is C22H18ClFN4O3S. The van der Waals surface area contributed by atoms with Gasteiger partial charge >= 0.3 is 0 Å². The first kappa shape index (κ1) is 21.8. The van der Waals surface area contributed by atoms with E-state index in [4.69, 9.17) is 11.6 Å². The number of nitrogens with one attached hydrogen (secondary N) is 2. The van der Waals surface area contributed by atoms with Crippen molar-refractivity contribution < 1.29 is 17.6 Å². The van der Waals surface area contributed by atoms with Crippen LogP contribution in [0.4, 0.5) is 10.1 Å². The average molecular weight is 473 g/mol. The molecule has 0 atom stereocenters. The Morgan fingerprint density at radius 2 is 1.72 bits per heavy atom. The average Bonchev–Trinajstić information content (AvgIpc) is 3.16. The first-order valence-corrected chi connectivity index (χ1v) is 11.4. The molecule has 0 fully saturated rings. The highest BCUT2D eigenvalue weighted by molar-refractivity contribution is 7.92. The molecule has 4 aromatic rings. The predicted molar refractivity (Wildman–Crippen MR) is 119 cm³/mol. The lowest BCUT2D eigenvalue weighted by molar-refractivity contribution is -0.120. The number of pyridine rings is 1. The Balaban J connectivity index is 1.33. The van der Waals surface area contributed by atoms with Crippen LogP contribution in [0.1, 0.15) is 11.3 Å². The Bertz CT molecular complexity index is 1370. The Morgan fingerprint density at radius 1 is 1.00 bits per heavy atom. The van der Waals surface area contributed by atoms with Gasteiger partial charge in [0.15, 0.2) is 0 Å². The molecule has 2 aromatic carbocycles. The minimum atomic E-state index is -3.83. The number of amides is 1. The van der Waals surface area contributed by atoms with Gasteiger partial charge in [0.2, 0.25) is 5.91 Å². The molecule has 0 aliphatic carbocycles. The number of nitrogens with zero attached hydrogens (tertiary/aromatic N) is 2. The molecule has 2 heterocycles.